The van der Waals surface area contributed by atoms with Crippen LogP contribution >= 0.6 is 0 Å². The maximum absolute atomic E-state index is 13.0. The summed E-state index contributed by atoms with van der Waals surface area (Å²) >= 11 is 0. The standard InChI is InChI=1S/C20H26N2O4/c1-21(2)18(24)12-20(19(25)26-3)16-10-9-15(11-17(20)23)22(16)13-14-7-5-4-6-8-14/h4-8,15-16H,9-13H2,1-3H3/t15-,16+,20-/m1/s1. The fourth-order valence-corrected chi connectivity index (χ4v) is 4.42. The van der Waals surface area contributed by atoms with Crippen molar-refractivity contribution in [3.63, 3.8) is 0 Å². The van der Waals surface area contributed by atoms with E-state index in [1.165, 1.54) is 12.0 Å². The average molecular weight is 358 g/mol. The Balaban J connectivity index is 1.97. The summed E-state index contributed by atoms with van der Waals surface area (Å²) < 4.78 is 5.04. The predicted octanol–water partition coefficient (Wildman–Crippen LogP) is 1.63. The zero-order valence-corrected chi connectivity index (χ0v) is 15.6. The van der Waals surface area contributed by atoms with Crippen LogP contribution < -0.4 is 0 Å². The summed E-state index contributed by atoms with van der Waals surface area (Å²) in [6.07, 6.45) is 1.74. The number of benzene rings is 1. The fourth-order valence-electron chi connectivity index (χ4n) is 4.42. The van der Waals surface area contributed by atoms with E-state index >= 15 is 0 Å². The van der Waals surface area contributed by atoms with E-state index in [2.05, 4.69) is 4.90 Å². The van der Waals surface area contributed by atoms with Crippen molar-refractivity contribution in [3.8, 4) is 0 Å². The molecule has 3 rings (SSSR count). The number of methoxy groups -OCH3 is 1. The number of ketones is 1. The van der Waals surface area contributed by atoms with E-state index in [-0.39, 0.29) is 30.2 Å². The third-order valence-corrected chi connectivity index (χ3v) is 5.82. The van der Waals surface area contributed by atoms with E-state index in [1.807, 2.05) is 30.3 Å². The third kappa shape index (κ3) is 3.03. The first-order valence-electron chi connectivity index (χ1n) is 9.01. The van der Waals surface area contributed by atoms with Crippen molar-refractivity contribution >= 4 is 17.7 Å². The van der Waals surface area contributed by atoms with Crippen LogP contribution in [-0.4, -0.2) is 60.7 Å². The topological polar surface area (TPSA) is 66.9 Å². The molecule has 0 N–H and O–H groups in total. The predicted molar refractivity (Wildman–Crippen MR) is 96.2 cm³/mol. The van der Waals surface area contributed by atoms with Crippen LogP contribution in [0.1, 0.15) is 31.2 Å². The van der Waals surface area contributed by atoms with Gasteiger partial charge in [0.25, 0.3) is 0 Å². The SMILES string of the molecule is COC(=O)[C@@]1(CC(=O)N(C)C)C(=O)C[C@H]2CC[C@@H]1N2Cc1ccccc1. The molecule has 140 valence electrons. The highest BCUT2D eigenvalue weighted by atomic mass is 16.5. The summed E-state index contributed by atoms with van der Waals surface area (Å²) in [4.78, 5) is 42.0. The molecule has 0 radical (unpaired) electrons. The highest BCUT2D eigenvalue weighted by Gasteiger charge is 2.62. The van der Waals surface area contributed by atoms with Gasteiger partial charge in [0.2, 0.25) is 5.91 Å². The van der Waals surface area contributed by atoms with E-state index < -0.39 is 11.4 Å². The summed E-state index contributed by atoms with van der Waals surface area (Å²) in [5.41, 5.74) is -0.269. The summed E-state index contributed by atoms with van der Waals surface area (Å²) in [7, 11) is 4.57. The number of nitrogens with zero attached hydrogens (tertiary/aromatic N) is 2. The lowest BCUT2D eigenvalue weighted by atomic mass is 9.69. The van der Waals surface area contributed by atoms with E-state index in [0.717, 1.165) is 18.4 Å². The maximum Gasteiger partial charge on any atom is 0.321 e. The molecular weight excluding hydrogens is 332 g/mol. The van der Waals surface area contributed by atoms with Crippen molar-refractivity contribution in [1.29, 1.82) is 0 Å². The molecule has 2 aliphatic rings. The number of piperidine rings is 1. The molecule has 0 saturated carbocycles. The van der Waals surface area contributed by atoms with Gasteiger partial charge >= 0.3 is 5.97 Å². The first-order valence-corrected chi connectivity index (χ1v) is 9.01. The molecule has 2 fully saturated rings. The number of esters is 1. The van der Waals surface area contributed by atoms with Crippen LogP contribution in [0.3, 0.4) is 0 Å². The molecular formula is C20H26N2O4. The molecule has 6 nitrogen and oxygen atoms in total. The normalized spacial score (nSPS) is 28.0. The van der Waals surface area contributed by atoms with Gasteiger partial charge in [0.05, 0.1) is 13.5 Å². The van der Waals surface area contributed by atoms with Crippen molar-refractivity contribution < 1.29 is 19.1 Å². The summed E-state index contributed by atoms with van der Waals surface area (Å²) in [5, 5.41) is 0. The zero-order chi connectivity index (χ0) is 18.9. The smallest absolute Gasteiger partial charge is 0.321 e. The monoisotopic (exact) mass is 358 g/mol. The minimum absolute atomic E-state index is 0.125. The molecule has 1 aromatic rings. The van der Waals surface area contributed by atoms with Gasteiger partial charge in [-0.2, -0.15) is 0 Å². The molecule has 2 aliphatic heterocycles. The van der Waals surface area contributed by atoms with Gasteiger partial charge in [0.15, 0.2) is 11.2 Å². The van der Waals surface area contributed by atoms with Gasteiger partial charge in [-0.05, 0) is 18.4 Å². The van der Waals surface area contributed by atoms with Crippen LogP contribution in [0.4, 0.5) is 0 Å². The molecule has 1 amide bonds. The quantitative estimate of drug-likeness (QED) is 0.591. The van der Waals surface area contributed by atoms with Crippen LogP contribution in [-0.2, 0) is 25.7 Å². The van der Waals surface area contributed by atoms with Crippen LogP contribution in [0.25, 0.3) is 0 Å². The molecule has 26 heavy (non-hydrogen) atoms. The van der Waals surface area contributed by atoms with Crippen LogP contribution in [0.15, 0.2) is 30.3 Å². The molecule has 1 aromatic carbocycles. The highest BCUT2D eigenvalue weighted by Crippen LogP contribution is 2.48. The van der Waals surface area contributed by atoms with Crippen LogP contribution in [0.2, 0.25) is 0 Å². The van der Waals surface area contributed by atoms with Crippen LogP contribution in [0, 0.1) is 5.41 Å². The fraction of sp³-hybridized carbons (Fsp3) is 0.550. The Morgan fingerprint density at radius 2 is 1.92 bits per heavy atom. The number of ether oxygens (including phenoxy) is 1. The Labute approximate surface area is 154 Å². The van der Waals surface area contributed by atoms with Crippen LogP contribution in [0.5, 0.6) is 0 Å². The maximum atomic E-state index is 13.0. The summed E-state index contributed by atoms with van der Waals surface area (Å²) in [5.74, 6) is -0.966. The van der Waals surface area contributed by atoms with Gasteiger partial charge < -0.3 is 9.64 Å². The number of Topliss-reactive ketones (excluding diaryl/α,β-unsaturated/α-hetero) is 1. The van der Waals surface area contributed by atoms with E-state index in [1.54, 1.807) is 14.1 Å². The van der Waals surface area contributed by atoms with Crippen molar-refractivity contribution in [3.05, 3.63) is 35.9 Å². The van der Waals surface area contributed by atoms with Gasteiger partial charge in [-0.3, -0.25) is 19.3 Å². The first kappa shape index (κ1) is 18.6. The molecule has 2 bridgehead atoms. The van der Waals surface area contributed by atoms with Gasteiger partial charge in [0, 0.05) is 39.1 Å². The molecule has 0 unspecified atom stereocenters. The molecule has 3 atom stereocenters. The number of hydrogen-bond acceptors (Lipinski definition) is 5. The van der Waals surface area contributed by atoms with E-state index in [0.29, 0.717) is 13.0 Å². The van der Waals surface area contributed by atoms with E-state index in [9.17, 15) is 14.4 Å². The lowest BCUT2D eigenvalue weighted by Crippen LogP contribution is -2.61. The van der Waals surface area contributed by atoms with Crippen molar-refractivity contribution in [2.45, 2.75) is 44.3 Å². The van der Waals surface area contributed by atoms with Crippen molar-refractivity contribution in [2.24, 2.45) is 5.41 Å². The van der Waals surface area contributed by atoms with Gasteiger partial charge in [-0.1, -0.05) is 30.3 Å². The lowest BCUT2D eigenvalue weighted by Gasteiger charge is -2.45. The van der Waals surface area contributed by atoms with Crippen molar-refractivity contribution in [1.82, 2.24) is 9.80 Å². The number of amides is 1. The summed E-state index contributed by atoms with van der Waals surface area (Å²) in [6.45, 7) is 0.665. The second kappa shape index (κ2) is 7.19. The Bertz CT molecular complexity index is 703. The van der Waals surface area contributed by atoms with Gasteiger partial charge in [-0.25, -0.2) is 0 Å². The Morgan fingerprint density at radius 1 is 1.23 bits per heavy atom. The number of rotatable bonds is 5. The highest BCUT2D eigenvalue weighted by molar-refractivity contribution is 6.08. The number of carbonyl (C=O) groups excluding carboxylic acids is 3. The molecule has 0 aliphatic carbocycles. The van der Waals surface area contributed by atoms with Gasteiger partial charge in [-0.15, -0.1) is 0 Å². The molecule has 2 saturated heterocycles. The number of hydrogen-bond donors (Lipinski definition) is 0. The molecule has 2 heterocycles. The largest absolute Gasteiger partial charge is 0.468 e. The first-order chi connectivity index (χ1) is 12.4. The van der Waals surface area contributed by atoms with Crippen molar-refractivity contribution in [2.75, 3.05) is 21.2 Å². The molecule has 0 aromatic heterocycles. The average Bonchev–Trinajstić information content (AvgIpc) is 2.94. The lowest BCUT2D eigenvalue weighted by molar-refractivity contribution is -0.170. The van der Waals surface area contributed by atoms with E-state index in [4.69, 9.17) is 4.74 Å². The minimum atomic E-state index is -1.40. The Hall–Kier alpha value is -2.21. The second-order valence-corrected chi connectivity index (χ2v) is 7.46. The number of fused-ring (bicyclic) bond motifs is 2. The third-order valence-electron chi connectivity index (χ3n) is 5.82. The minimum Gasteiger partial charge on any atom is -0.468 e. The second-order valence-electron chi connectivity index (χ2n) is 7.46. The molecule has 0 spiro atoms. The Kier molecular flexibility index (Phi) is 5.14. The zero-order valence-electron chi connectivity index (χ0n) is 15.6. The van der Waals surface area contributed by atoms with Gasteiger partial charge in [0.1, 0.15) is 0 Å². The Morgan fingerprint density at radius 3 is 2.54 bits per heavy atom. The summed E-state index contributed by atoms with van der Waals surface area (Å²) in [6, 6.07) is 9.84. The number of carbonyl (C=O) groups is 3. The molecule has 6 heteroatoms.